The highest BCUT2D eigenvalue weighted by molar-refractivity contribution is 5.81. The minimum absolute atomic E-state index is 0.135. The van der Waals surface area contributed by atoms with Crippen LogP contribution in [0.25, 0.3) is 10.9 Å². The third-order valence-electron chi connectivity index (χ3n) is 2.64. The lowest BCUT2D eigenvalue weighted by Crippen LogP contribution is -2.16. The molecule has 0 saturated heterocycles. The summed E-state index contributed by atoms with van der Waals surface area (Å²) in [5.74, 6) is -0.760. The van der Waals surface area contributed by atoms with Crippen molar-refractivity contribution in [2.75, 3.05) is 5.32 Å². The van der Waals surface area contributed by atoms with Crippen molar-refractivity contribution in [1.82, 2.24) is 10.2 Å². The van der Waals surface area contributed by atoms with Gasteiger partial charge in [0.1, 0.15) is 0 Å². The van der Waals surface area contributed by atoms with Crippen LogP contribution in [0.4, 0.5) is 5.69 Å². The molecule has 0 aliphatic carbocycles. The van der Waals surface area contributed by atoms with Gasteiger partial charge in [0, 0.05) is 23.5 Å². The Morgan fingerprint density at radius 3 is 3.18 bits per heavy atom. The Morgan fingerprint density at radius 2 is 2.41 bits per heavy atom. The van der Waals surface area contributed by atoms with Crippen LogP contribution in [0.15, 0.2) is 24.4 Å². The molecule has 0 bridgehead atoms. The molecule has 0 amide bonds. The fourth-order valence-corrected chi connectivity index (χ4v) is 1.73. The molecule has 1 atom stereocenters. The molecule has 0 radical (unpaired) electrons. The predicted molar refractivity (Wildman–Crippen MR) is 66.0 cm³/mol. The number of fused-ring (bicyclic) bond motifs is 1. The Balaban J connectivity index is 1.99. The van der Waals surface area contributed by atoms with Gasteiger partial charge in [0.2, 0.25) is 0 Å². The molecule has 2 rings (SSSR count). The van der Waals surface area contributed by atoms with Gasteiger partial charge in [-0.25, -0.2) is 0 Å². The van der Waals surface area contributed by atoms with E-state index in [1.54, 1.807) is 6.20 Å². The number of aromatic nitrogens is 2. The van der Waals surface area contributed by atoms with Gasteiger partial charge in [-0.1, -0.05) is 0 Å². The van der Waals surface area contributed by atoms with E-state index in [1.165, 1.54) is 0 Å². The van der Waals surface area contributed by atoms with Gasteiger partial charge in [0.25, 0.3) is 0 Å². The van der Waals surface area contributed by atoms with Crippen molar-refractivity contribution in [1.29, 1.82) is 0 Å². The Labute approximate surface area is 98.8 Å². The Morgan fingerprint density at radius 1 is 1.59 bits per heavy atom. The fraction of sp³-hybridized carbons (Fsp3) is 0.333. The molecule has 0 saturated carbocycles. The number of nitrogens with zero attached hydrogens (tertiary/aromatic N) is 1. The van der Waals surface area contributed by atoms with Crippen LogP contribution in [-0.4, -0.2) is 27.3 Å². The third-order valence-corrected chi connectivity index (χ3v) is 2.64. The van der Waals surface area contributed by atoms with Gasteiger partial charge in [-0.15, -0.1) is 0 Å². The van der Waals surface area contributed by atoms with Gasteiger partial charge in [-0.3, -0.25) is 9.89 Å². The van der Waals surface area contributed by atoms with E-state index in [0.29, 0.717) is 6.42 Å². The minimum atomic E-state index is -0.760. The monoisotopic (exact) mass is 233 g/mol. The molecule has 0 spiro atoms. The topological polar surface area (TPSA) is 78.0 Å². The van der Waals surface area contributed by atoms with E-state index in [2.05, 4.69) is 15.5 Å². The largest absolute Gasteiger partial charge is 0.481 e. The van der Waals surface area contributed by atoms with Gasteiger partial charge >= 0.3 is 5.97 Å². The number of benzene rings is 1. The quantitative estimate of drug-likeness (QED) is 0.740. The summed E-state index contributed by atoms with van der Waals surface area (Å²) in [4.78, 5) is 10.5. The molecule has 90 valence electrons. The zero-order chi connectivity index (χ0) is 12.3. The zero-order valence-corrected chi connectivity index (χ0v) is 9.60. The molecule has 0 aliphatic rings. The molecule has 1 unspecified atom stereocenters. The number of carbonyl (C=O) groups is 1. The van der Waals surface area contributed by atoms with Crippen LogP contribution >= 0.6 is 0 Å². The predicted octanol–water partition coefficient (Wildman–Crippen LogP) is 2.23. The minimum Gasteiger partial charge on any atom is -0.481 e. The summed E-state index contributed by atoms with van der Waals surface area (Å²) in [5.41, 5.74) is 1.98. The first-order valence-electron chi connectivity index (χ1n) is 5.56. The molecular formula is C12H15N3O2. The molecule has 1 aromatic carbocycles. The molecule has 1 heterocycles. The van der Waals surface area contributed by atoms with Gasteiger partial charge in [0.05, 0.1) is 11.7 Å². The molecule has 0 aliphatic heterocycles. The average molecular weight is 233 g/mol. The van der Waals surface area contributed by atoms with Crippen molar-refractivity contribution in [2.24, 2.45) is 0 Å². The lowest BCUT2D eigenvalue weighted by atomic mass is 10.1. The Bertz CT molecular complexity index is 521. The van der Waals surface area contributed by atoms with Crippen LogP contribution in [0.1, 0.15) is 19.8 Å². The van der Waals surface area contributed by atoms with Crippen molar-refractivity contribution in [2.45, 2.75) is 25.8 Å². The van der Waals surface area contributed by atoms with Crippen molar-refractivity contribution < 1.29 is 9.90 Å². The number of nitrogens with one attached hydrogen (secondary N) is 2. The van der Waals surface area contributed by atoms with Crippen molar-refractivity contribution >= 4 is 22.6 Å². The molecule has 0 fully saturated rings. The van der Waals surface area contributed by atoms with Crippen molar-refractivity contribution in [3.05, 3.63) is 24.4 Å². The van der Waals surface area contributed by atoms with Gasteiger partial charge in [0.15, 0.2) is 0 Å². The van der Waals surface area contributed by atoms with Crippen LogP contribution in [0.3, 0.4) is 0 Å². The van der Waals surface area contributed by atoms with Crippen LogP contribution < -0.4 is 5.32 Å². The SMILES string of the molecule is CC(CCC(=O)O)Nc1ccc2[nH]ncc2c1. The van der Waals surface area contributed by atoms with Gasteiger partial charge < -0.3 is 10.4 Å². The van der Waals surface area contributed by atoms with Gasteiger partial charge in [-0.05, 0) is 31.5 Å². The molecule has 5 heteroatoms. The number of aliphatic carboxylic acids is 1. The van der Waals surface area contributed by atoms with E-state index in [9.17, 15) is 4.79 Å². The number of hydrogen-bond acceptors (Lipinski definition) is 3. The van der Waals surface area contributed by atoms with E-state index >= 15 is 0 Å². The second-order valence-corrected chi connectivity index (χ2v) is 4.15. The Hall–Kier alpha value is -2.04. The summed E-state index contributed by atoms with van der Waals surface area (Å²) < 4.78 is 0. The molecule has 3 N–H and O–H groups in total. The number of aromatic amines is 1. The highest BCUT2D eigenvalue weighted by Crippen LogP contribution is 2.18. The second-order valence-electron chi connectivity index (χ2n) is 4.15. The maximum atomic E-state index is 10.5. The highest BCUT2D eigenvalue weighted by atomic mass is 16.4. The number of anilines is 1. The number of rotatable bonds is 5. The van der Waals surface area contributed by atoms with E-state index in [1.807, 2.05) is 25.1 Å². The number of hydrogen-bond donors (Lipinski definition) is 3. The maximum Gasteiger partial charge on any atom is 0.303 e. The lowest BCUT2D eigenvalue weighted by Gasteiger charge is -2.14. The normalized spacial score (nSPS) is 12.5. The molecule has 1 aromatic heterocycles. The standard InChI is InChI=1S/C12H15N3O2/c1-8(2-5-12(16)17)14-10-3-4-11-9(6-10)7-13-15-11/h3-4,6-8,14H,2,5H2,1H3,(H,13,15)(H,16,17). The first kappa shape index (κ1) is 11.4. The van der Waals surface area contributed by atoms with E-state index in [0.717, 1.165) is 16.6 Å². The number of carboxylic acids is 1. The smallest absolute Gasteiger partial charge is 0.303 e. The maximum absolute atomic E-state index is 10.5. The summed E-state index contributed by atoms with van der Waals surface area (Å²) in [5, 5.41) is 19.8. The highest BCUT2D eigenvalue weighted by Gasteiger charge is 2.06. The number of H-pyrrole nitrogens is 1. The van der Waals surface area contributed by atoms with E-state index in [-0.39, 0.29) is 12.5 Å². The lowest BCUT2D eigenvalue weighted by molar-refractivity contribution is -0.137. The van der Waals surface area contributed by atoms with E-state index in [4.69, 9.17) is 5.11 Å². The summed E-state index contributed by atoms with van der Waals surface area (Å²) in [6, 6.07) is 6.04. The molecule has 5 nitrogen and oxygen atoms in total. The van der Waals surface area contributed by atoms with Crippen molar-refractivity contribution in [3.63, 3.8) is 0 Å². The first-order chi connectivity index (χ1) is 8.15. The second kappa shape index (κ2) is 4.86. The zero-order valence-electron chi connectivity index (χ0n) is 9.60. The van der Waals surface area contributed by atoms with Crippen LogP contribution in [0, 0.1) is 0 Å². The van der Waals surface area contributed by atoms with Gasteiger partial charge in [-0.2, -0.15) is 5.10 Å². The molecular weight excluding hydrogens is 218 g/mol. The summed E-state index contributed by atoms with van der Waals surface area (Å²) >= 11 is 0. The molecule has 17 heavy (non-hydrogen) atoms. The van der Waals surface area contributed by atoms with Crippen LogP contribution in [-0.2, 0) is 4.79 Å². The molecule has 2 aromatic rings. The summed E-state index contributed by atoms with van der Waals surface area (Å²) in [6.07, 6.45) is 2.56. The van der Waals surface area contributed by atoms with E-state index < -0.39 is 5.97 Å². The van der Waals surface area contributed by atoms with Crippen LogP contribution in [0.2, 0.25) is 0 Å². The third kappa shape index (κ3) is 2.96. The Kier molecular flexibility index (Phi) is 3.27. The summed E-state index contributed by atoms with van der Waals surface area (Å²) in [7, 11) is 0. The first-order valence-corrected chi connectivity index (χ1v) is 5.56. The van der Waals surface area contributed by atoms with Crippen LogP contribution in [0.5, 0.6) is 0 Å². The van der Waals surface area contributed by atoms with Crippen molar-refractivity contribution in [3.8, 4) is 0 Å². The average Bonchev–Trinajstić information content (AvgIpc) is 2.73. The fourth-order valence-electron chi connectivity index (χ4n) is 1.73. The number of carboxylic acid groups (broad SMARTS) is 1. The summed E-state index contributed by atoms with van der Waals surface area (Å²) in [6.45, 7) is 1.97.